The molecule has 1 saturated heterocycles. The van der Waals surface area contributed by atoms with Crippen LogP contribution in [-0.4, -0.2) is 59.2 Å². The lowest BCUT2D eigenvalue weighted by Crippen LogP contribution is -2.49. The summed E-state index contributed by atoms with van der Waals surface area (Å²) in [6, 6.07) is 4.79. The average molecular weight is 346 g/mol. The Morgan fingerprint density at radius 3 is 2.52 bits per heavy atom. The molecule has 7 nitrogen and oxygen atoms in total. The standard InChI is InChI=1S/C17H19FN4O3/c1-25-14-11-12(18)3-4-13(14)15(16(23)24)21-7-9-22(10-8-21)17-19-5-2-6-20-17/h2-6,11,15H,7-10H2,1H3,(H,23,24)/t15-/m1/s1. The van der Waals surface area contributed by atoms with Gasteiger partial charge in [0.1, 0.15) is 17.6 Å². The second-order valence-electron chi connectivity index (χ2n) is 5.70. The summed E-state index contributed by atoms with van der Waals surface area (Å²) < 4.78 is 18.6. The maximum Gasteiger partial charge on any atom is 0.325 e. The summed E-state index contributed by atoms with van der Waals surface area (Å²) >= 11 is 0. The first-order chi connectivity index (χ1) is 12.1. The Morgan fingerprint density at radius 1 is 1.24 bits per heavy atom. The number of carboxylic acid groups (broad SMARTS) is 1. The molecule has 1 aliphatic rings. The van der Waals surface area contributed by atoms with E-state index in [2.05, 4.69) is 9.97 Å². The molecular weight excluding hydrogens is 327 g/mol. The van der Waals surface area contributed by atoms with Gasteiger partial charge in [0.25, 0.3) is 0 Å². The molecule has 132 valence electrons. The molecule has 1 aromatic heterocycles. The summed E-state index contributed by atoms with van der Waals surface area (Å²) in [5.41, 5.74) is 0.445. The van der Waals surface area contributed by atoms with Crippen molar-refractivity contribution in [2.24, 2.45) is 0 Å². The number of anilines is 1. The van der Waals surface area contributed by atoms with Gasteiger partial charge in [-0.25, -0.2) is 14.4 Å². The molecule has 0 saturated carbocycles. The lowest BCUT2D eigenvalue weighted by atomic mass is 10.0. The number of hydrogen-bond acceptors (Lipinski definition) is 6. The summed E-state index contributed by atoms with van der Waals surface area (Å²) in [6.45, 7) is 2.26. The van der Waals surface area contributed by atoms with E-state index in [1.165, 1.54) is 25.3 Å². The highest BCUT2D eigenvalue weighted by atomic mass is 19.1. The minimum atomic E-state index is -0.991. The van der Waals surface area contributed by atoms with Gasteiger partial charge < -0.3 is 14.7 Å². The maximum atomic E-state index is 13.4. The zero-order chi connectivity index (χ0) is 17.8. The molecule has 0 unspecified atom stereocenters. The number of hydrogen-bond donors (Lipinski definition) is 1. The predicted molar refractivity (Wildman–Crippen MR) is 89.1 cm³/mol. The molecule has 3 rings (SSSR count). The molecule has 2 heterocycles. The fraction of sp³-hybridized carbons (Fsp3) is 0.353. The first kappa shape index (κ1) is 17.1. The summed E-state index contributed by atoms with van der Waals surface area (Å²) in [7, 11) is 1.40. The summed E-state index contributed by atoms with van der Waals surface area (Å²) in [4.78, 5) is 24.2. The van der Waals surface area contributed by atoms with Crippen LogP contribution in [0, 0.1) is 5.82 Å². The van der Waals surface area contributed by atoms with Crippen LogP contribution >= 0.6 is 0 Å². The highest BCUT2D eigenvalue weighted by molar-refractivity contribution is 5.76. The van der Waals surface area contributed by atoms with Gasteiger partial charge in [-0.2, -0.15) is 0 Å². The number of aliphatic carboxylic acids is 1. The Balaban J connectivity index is 1.78. The van der Waals surface area contributed by atoms with Crippen LogP contribution in [-0.2, 0) is 4.79 Å². The lowest BCUT2D eigenvalue weighted by molar-refractivity contribution is -0.143. The molecule has 2 aromatic rings. The van der Waals surface area contributed by atoms with Gasteiger partial charge in [-0.1, -0.05) is 6.07 Å². The molecule has 0 amide bonds. The molecule has 1 aliphatic heterocycles. The largest absolute Gasteiger partial charge is 0.496 e. The van der Waals surface area contributed by atoms with Crippen molar-refractivity contribution in [3.8, 4) is 5.75 Å². The first-order valence-electron chi connectivity index (χ1n) is 7.92. The quantitative estimate of drug-likeness (QED) is 0.880. The van der Waals surface area contributed by atoms with Crippen LogP contribution in [0.3, 0.4) is 0 Å². The van der Waals surface area contributed by atoms with Crippen molar-refractivity contribution in [3.05, 3.63) is 48.0 Å². The number of carboxylic acids is 1. The highest BCUT2D eigenvalue weighted by Gasteiger charge is 2.33. The highest BCUT2D eigenvalue weighted by Crippen LogP contribution is 2.31. The van der Waals surface area contributed by atoms with Crippen LogP contribution in [0.5, 0.6) is 5.75 Å². The van der Waals surface area contributed by atoms with Crippen molar-refractivity contribution >= 4 is 11.9 Å². The Labute approximate surface area is 144 Å². The normalized spacial score (nSPS) is 16.5. The predicted octanol–water partition coefficient (Wildman–Crippen LogP) is 1.57. The van der Waals surface area contributed by atoms with Gasteiger partial charge in [-0.15, -0.1) is 0 Å². The molecule has 1 aromatic carbocycles. The van der Waals surface area contributed by atoms with Gasteiger partial charge in [-0.05, 0) is 12.1 Å². The third-order valence-electron chi connectivity index (χ3n) is 4.24. The van der Waals surface area contributed by atoms with E-state index in [-0.39, 0.29) is 5.75 Å². The monoisotopic (exact) mass is 346 g/mol. The van der Waals surface area contributed by atoms with E-state index < -0.39 is 17.8 Å². The number of aromatic nitrogens is 2. The number of halogens is 1. The SMILES string of the molecule is COc1cc(F)ccc1[C@H](C(=O)O)N1CCN(c2ncccn2)CC1. The van der Waals surface area contributed by atoms with Crippen LogP contribution in [0.15, 0.2) is 36.7 Å². The van der Waals surface area contributed by atoms with E-state index in [0.717, 1.165) is 0 Å². The van der Waals surface area contributed by atoms with Crippen molar-refractivity contribution in [3.63, 3.8) is 0 Å². The Kier molecular flexibility index (Phi) is 5.08. The summed E-state index contributed by atoms with van der Waals surface area (Å²) in [5.74, 6) is -0.584. The zero-order valence-corrected chi connectivity index (χ0v) is 13.8. The first-order valence-corrected chi connectivity index (χ1v) is 7.92. The van der Waals surface area contributed by atoms with Crippen LogP contribution in [0.1, 0.15) is 11.6 Å². The van der Waals surface area contributed by atoms with Crippen molar-refractivity contribution < 1.29 is 19.0 Å². The molecule has 0 radical (unpaired) electrons. The molecule has 25 heavy (non-hydrogen) atoms. The number of piperazine rings is 1. The zero-order valence-electron chi connectivity index (χ0n) is 13.8. The minimum Gasteiger partial charge on any atom is -0.496 e. The maximum absolute atomic E-state index is 13.4. The van der Waals surface area contributed by atoms with Crippen LogP contribution in [0.4, 0.5) is 10.3 Å². The fourth-order valence-electron chi connectivity index (χ4n) is 3.03. The number of nitrogens with zero attached hydrogens (tertiary/aromatic N) is 4. The van der Waals surface area contributed by atoms with Gasteiger partial charge in [0.2, 0.25) is 5.95 Å². The minimum absolute atomic E-state index is 0.237. The molecular formula is C17H19FN4O3. The molecule has 0 spiro atoms. The van der Waals surface area contributed by atoms with E-state index in [1.807, 2.05) is 9.80 Å². The smallest absolute Gasteiger partial charge is 0.325 e. The van der Waals surface area contributed by atoms with Gasteiger partial charge in [0, 0.05) is 50.2 Å². The summed E-state index contributed by atoms with van der Waals surface area (Å²) in [5, 5.41) is 9.72. The van der Waals surface area contributed by atoms with Crippen molar-refractivity contribution in [1.82, 2.24) is 14.9 Å². The van der Waals surface area contributed by atoms with Crippen molar-refractivity contribution in [2.75, 3.05) is 38.2 Å². The van der Waals surface area contributed by atoms with Crippen molar-refractivity contribution in [2.45, 2.75) is 6.04 Å². The molecule has 8 heteroatoms. The van der Waals surface area contributed by atoms with Crippen LogP contribution < -0.4 is 9.64 Å². The fourth-order valence-corrected chi connectivity index (χ4v) is 3.03. The molecule has 1 atom stereocenters. The van der Waals surface area contributed by atoms with Gasteiger partial charge in [0.05, 0.1) is 7.11 Å². The van der Waals surface area contributed by atoms with E-state index >= 15 is 0 Å². The number of benzene rings is 1. The molecule has 0 aliphatic carbocycles. The lowest BCUT2D eigenvalue weighted by Gasteiger charge is -2.38. The van der Waals surface area contributed by atoms with Gasteiger partial charge in [0.15, 0.2) is 0 Å². The third-order valence-corrected chi connectivity index (χ3v) is 4.24. The van der Waals surface area contributed by atoms with Gasteiger partial charge >= 0.3 is 5.97 Å². The second kappa shape index (κ2) is 7.43. The second-order valence-corrected chi connectivity index (χ2v) is 5.70. The summed E-state index contributed by atoms with van der Waals surface area (Å²) in [6.07, 6.45) is 3.36. The number of rotatable bonds is 5. The third kappa shape index (κ3) is 3.69. The molecule has 1 N–H and O–H groups in total. The Hall–Kier alpha value is -2.74. The topological polar surface area (TPSA) is 78.8 Å². The van der Waals surface area contributed by atoms with E-state index in [0.29, 0.717) is 37.7 Å². The van der Waals surface area contributed by atoms with Crippen LogP contribution in [0.25, 0.3) is 0 Å². The van der Waals surface area contributed by atoms with E-state index in [4.69, 9.17) is 4.74 Å². The van der Waals surface area contributed by atoms with Gasteiger partial charge in [-0.3, -0.25) is 9.69 Å². The molecule has 0 bridgehead atoms. The van der Waals surface area contributed by atoms with E-state index in [9.17, 15) is 14.3 Å². The van der Waals surface area contributed by atoms with Crippen molar-refractivity contribution in [1.29, 1.82) is 0 Å². The molecule has 1 fully saturated rings. The number of methoxy groups -OCH3 is 1. The number of ether oxygens (including phenoxy) is 1. The van der Waals surface area contributed by atoms with Crippen LogP contribution in [0.2, 0.25) is 0 Å². The Morgan fingerprint density at radius 2 is 1.92 bits per heavy atom. The average Bonchev–Trinajstić information content (AvgIpc) is 2.64. The Bertz CT molecular complexity index is 736. The number of carbonyl (C=O) groups is 1. The van der Waals surface area contributed by atoms with E-state index in [1.54, 1.807) is 18.5 Å².